The summed E-state index contributed by atoms with van der Waals surface area (Å²) in [7, 11) is 1.64. The minimum atomic E-state index is -0.285. The van der Waals surface area contributed by atoms with Crippen molar-refractivity contribution < 1.29 is 14.3 Å². The number of benzene rings is 2. The van der Waals surface area contributed by atoms with Crippen molar-refractivity contribution in [3.8, 4) is 17.0 Å². The summed E-state index contributed by atoms with van der Waals surface area (Å²) in [4.78, 5) is 25.7. The summed E-state index contributed by atoms with van der Waals surface area (Å²) in [5.41, 5.74) is 5.71. The van der Waals surface area contributed by atoms with E-state index in [0.29, 0.717) is 29.7 Å². The number of amides is 1. The summed E-state index contributed by atoms with van der Waals surface area (Å²) in [5, 5.41) is 10.3. The van der Waals surface area contributed by atoms with Crippen LogP contribution in [0.2, 0.25) is 0 Å². The van der Waals surface area contributed by atoms with Gasteiger partial charge in [-0.25, -0.2) is 9.97 Å². The second-order valence-electron chi connectivity index (χ2n) is 8.66. The fourth-order valence-electron chi connectivity index (χ4n) is 4.33. The predicted molar refractivity (Wildman–Crippen MR) is 144 cm³/mol. The molecule has 1 aliphatic heterocycles. The van der Waals surface area contributed by atoms with E-state index in [2.05, 4.69) is 32.5 Å². The summed E-state index contributed by atoms with van der Waals surface area (Å²) in [6, 6.07) is 13.5. The number of nitrogens with zero attached hydrogens (tertiary/aromatic N) is 3. The van der Waals surface area contributed by atoms with Crippen molar-refractivity contribution in [3.63, 3.8) is 0 Å². The average Bonchev–Trinajstić information content (AvgIpc) is 2.93. The van der Waals surface area contributed by atoms with Crippen LogP contribution in [0.15, 0.2) is 67.5 Å². The normalized spacial score (nSPS) is 15.2. The lowest BCUT2D eigenvalue weighted by Crippen LogP contribution is -2.33. The smallest absolute Gasteiger partial charge is 0.247 e. The first-order valence-electron chi connectivity index (χ1n) is 12.0. The number of anilines is 3. The number of carbonyl (C=O) groups is 1. The van der Waals surface area contributed by atoms with E-state index in [4.69, 9.17) is 14.5 Å². The van der Waals surface area contributed by atoms with Crippen LogP contribution in [0.4, 0.5) is 17.3 Å². The minimum Gasteiger partial charge on any atom is -0.495 e. The predicted octanol–water partition coefficient (Wildman–Crippen LogP) is 4.54. The van der Waals surface area contributed by atoms with Gasteiger partial charge in [0.15, 0.2) is 0 Å². The molecule has 1 amide bonds. The molecule has 188 valence electrons. The fraction of sp³-hybridized carbons (Fsp3) is 0.214. The molecule has 0 bridgehead atoms. The van der Waals surface area contributed by atoms with Gasteiger partial charge in [0, 0.05) is 42.1 Å². The van der Waals surface area contributed by atoms with Crippen molar-refractivity contribution in [3.05, 3.63) is 78.6 Å². The number of fused-ring (bicyclic) bond motifs is 1. The van der Waals surface area contributed by atoms with E-state index < -0.39 is 0 Å². The number of hydrogen-bond acceptors (Lipinski definition) is 8. The van der Waals surface area contributed by atoms with Gasteiger partial charge in [-0.3, -0.25) is 9.78 Å². The number of hydrogen-bond donors (Lipinski definition) is 3. The second-order valence-corrected chi connectivity index (χ2v) is 8.66. The number of ether oxygens (including phenoxy) is 2. The number of nitrogens with one attached hydrogen (secondary N) is 3. The first kappa shape index (κ1) is 24.4. The van der Waals surface area contributed by atoms with E-state index in [1.807, 2.05) is 43.3 Å². The van der Waals surface area contributed by atoms with Crippen LogP contribution in [0.1, 0.15) is 17.2 Å². The number of aryl methyl sites for hydroxylation is 1. The van der Waals surface area contributed by atoms with Crippen molar-refractivity contribution in [1.82, 2.24) is 20.3 Å². The Kier molecular flexibility index (Phi) is 7.07. The number of pyridine rings is 1. The van der Waals surface area contributed by atoms with Gasteiger partial charge in [-0.1, -0.05) is 24.8 Å². The van der Waals surface area contributed by atoms with Gasteiger partial charge in [0.2, 0.25) is 11.9 Å². The summed E-state index contributed by atoms with van der Waals surface area (Å²) in [6.07, 6.45) is 4.65. The molecule has 1 fully saturated rings. The van der Waals surface area contributed by atoms with Crippen LogP contribution in [0, 0.1) is 6.92 Å². The van der Waals surface area contributed by atoms with Crippen LogP contribution in [0.25, 0.3) is 22.2 Å². The van der Waals surface area contributed by atoms with Crippen LogP contribution in [-0.4, -0.2) is 47.7 Å². The number of carbonyl (C=O) groups excluding carboxylic acids is 1. The van der Waals surface area contributed by atoms with Crippen molar-refractivity contribution in [2.75, 3.05) is 37.4 Å². The van der Waals surface area contributed by atoms with E-state index in [0.717, 1.165) is 46.4 Å². The zero-order chi connectivity index (χ0) is 25.8. The molecule has 9 heteroatoms. The quantitative estimate of drug-likeness (QED) is 0.320. The highest BCUT2D eigenvalue weighted by atomic mass is 16.5. The Balaban J connectivity index is 1.49. The molecule has 5 rings (SSSR count). The maximum Gasteiger partial charge on any atom is 0.247 e. The molecule has 1 unspecified atom stereocenters. The van der Waals surface area contributed by atoms with Crippen molar-refractivity contribution >= 4 is 34.1 Å². The number of methoxy groups -OCH3 is 1. The van der Waals surface area contributed by atoms with Crippen LogP contribution in [-0.2, 0) is 9.53 Å². The Morgan fingerprint density at radius 1 is 1.22 bits per heavy atom. The van der Waals surface area contributed by atoms with Gasteiger partial charge in [0.1, 0.15) is 5.75 Å². The third-order valence-corrected chi connectivity index (χ3v) is 6.20. The SMILES string of the molecule is C=CC(=O)Nc1ccnc(-c2c(C)ccc3cnc(Nc4ccc(C5CNCCO5)cc4OC)nc23)c1. The molecule has 0 spiro atoms. The highest BCUT2D eigenvalue weighted by molar-refractivity contribution is 6.00. The first-order valence-corrected chi connectivity index (χ1v) is 12.0. The number of rotatable bonds is 7. The van der Waals surface area contributed by atoms with Gasteiger partial charge in [0.05, 0.1) is 36.7 Å². The monoisotopic (exact) mass is 496 g/mol. The first-order chi connectivity index (χ1) is 18.1. The summed E-state index contributed by atoms with van der Waals surface area (Å²) in [5.74, 6) is 0.816. The van der Waals surface area contributed by atoms with Gasteiger partial charge in [-0.05, 0) is 48.4 Å². The zero-order valence-electron chi connectivity index (χ0n) is 20.7. The van der Waals surface area contributed by atoms with E-state index in [1.165, 1.54) is 6.08 Å². The van der Waals surface area contributed by atoms with Gasteiger partial charge < -0.3 is 25.4 Å². The Morgan fingerprint density at radius 3 is 2.89 bits per heavy atom. The zero-order valence-corrected chi connectivity index (χ0v) is 20.7. The third-order valence-electron chi connectivity index (χ3n) is 6.20. The lowest BCUT2D eigenvalue weighted by Gasteiger charge is -2.24. The molecule has 0 aliphatic carbocycles. The minimum absolute atomic E-state index is 0.0151. The molecule has 2 aromatic heterocycles. The maximum atomic E-state index is 11.8. The van der Waals surface area contributed by atoms with E-state index in [1.54, 1.807) is 25.6 Å². The summed E-state index contributed by atoms with van der Waals surface area (Å²) in [6.45, 7) is 7.81. The Hall–Kier alpha value is -4.34. The molecule has 3 N–H and O–H groups in total. The van der Waals surface area contributed by atoms with Crippen LogP contribution >= 0.6 is 0 Å². The topological polar surface area (TPSA) is 110 Å². The molecule has 4 aromatic rings. The van der Waals surface area contributed by atoms with Crippen LogP contribution in [0.5, 0.6) is 5.75 Å². The molecule has 1 atom stereocenters. The number of morpholine rings is 1. The van der Waals surface area contributed by atoms with Gasteiger partial charge in [-0.2, -0.15) is 0 Å². The average molecular weight is 497 g/mol. The molecule has 9 nitrogen and oxygen atoms in total. The molecule has 0 radical (unpaired) electrons. The molecular formula is C28H28N6O3. The van der Waals surface area contributed by atoms with Crippen molar-refractivity contribution in [2.45, 2.75) is 13.0 Å². The lowest BCUT2D eigenvalue weighted by atomic mass is 10.0. The second kappa shape index (κ2) is 10.7. The summed E-state index contributed by atoms with van der Waals surface area (Å²) >= 11 is 0. The fourth-order valence-corrected chi connectivity index (χ4v) is 4.33. The molecule has 3 heterocycles. The van der Waals surface area contributed by atoms with Gasteiger partial charge in [-0.15, -0.1) is 0 Å². The molecule has 37 heavy (non-hydrogen) atoms. The summed E-state index contributed by atoms with van der Waals surface area (Å²) < 4.78 is 11.5. The molecule has 0 saturated carbocycles. The lowest BCUT2D eigenvalue weighted by molar-refractivity contribution is -0.111. The molecule has 1 aliphatic rings. The highest BCUT2D eigenvalue weighted by Gasteiger charge is 2.18. The Bertz CT molecular complexity index is 1470. The molecule has 2 aromatic carbocycles. The standard InChI is InChI=1S/C28H28N6O3/c1-4-25(35)32-20-9-10-30-22(14-20)26-17(2)5-6-19-15-31-28(34-27(19)26)33-21-8-7-18(13-23(21)36-3)24-16-29-11-12-37-24/h4-10,13-15,24,29H,1,11-12,16H2,2-3H3,(H,30,32,35)(H,31,33,34). The van der Waals surface area contributed by atoms with Crippen molar-refractivity contribution in [2.24, 2.45) is 0 Å². The Labute approximate surface area is 215 Å². The Morgan fingerprint density at radius 2 is 2.11 bits per heavy atom. The van der Waals surface area contributed by atoms with Crippen LogP contribution in [0.3, 0.4) is 0 Å². The van der Waals surface area contributed by atoms with Gasteiger partial charge in [0.25, 0.3) is 0 Å². The van der Waals surface area contributed by atoms with E-state index in [9.17, 15) is 4.79 Å². The van der Waals surface area contributed by atoms with Crippen molar-refractivity contribution in [1.29, 1.82) is 0 Å². The third kappa shape index (κ3) is 5.28. The molecule has 1 saturated heterocycles. The highest BCUT2D eigenvalue weighted by Crippen LogP contribution is 2.34. The van der Waals surface area contributed by atoms with Gasteiger partial charge >= 0.3 is 0 Å². The largest absolute Gasteiger partial charge is 0.495 e. The number of aromatic nitrogens is 3. The van der Waals surface area contributed by atoms with E-state index >= 15 is 0 Å². The van der Waals surface area contributed by atoms with Crippen LogP contribution < -0.4 is 20.7 Å². The van der Waals surface area contributed by atoms with E-state index in [-0.39, 0.29) is 12.0 Å². The maximum absolute atomic E-state index is 11.8. The molecular weight excluding hydrogens is 468 g/mol.